The average molecular weight is 547 g/mol. The van der Waals surface area contributed by atoms with Gasteiger partial charge >= 0.3 is 5.97 Å². The van der Waals surface area contributed by atoms with Crippen molar-refractivity contribution in [3.05, 3.63) is 90.0 Å². The number of esters is 1. The molecule has 1 fully saturated rings. The molecule has 1 aliphatic carbocycles. The molecule has 148 valence electrons. The Hall–Kier alpha value is -0.662. The molecule has 0 unspecified atom stereocenters. The van der Waals surface area contributed by atoms with Gasteiger partial charge in [-0.3, -0.25) is 0 Å². The van der Waals surface area contributed by atoms with Crippen molar-refractivity contribution < 1.29 is 74.9 Å². The Kier molecular flexibility index (Phi) is 10.6. The van der Waals surface area contributed by atoms with Crippen molar-refractivity contribution >= 4 is 5.97 Å². The monoisotopic (exact) mass is 547 g/mol. The average Bonchev–Trinajstić information content (AvgIpc) is 2.75. The molecule has 0 heterocycles. The summed E-state index contributed by atoms with van der Waals surface area (Å²) in [5.41, 5.74) is 4.13. The third-order valence-electron chi connectivity index (χ3n) is 5.75. The summed E-state index contributed by atoms with van der Waals surface area (Å²) in [5, 5.41) is 0. The number of benzene rings is 3. The van der Waals surface area contributed by atoms with Gasteiger partial charge in [-0.25, -0.2) is 4.79 Å². The Labute approximate surface area is 230 Å². The van der Waals surface area contributed by atoms with E-state index in [1.165, 1.54) is 31.2 Å². The standard InChI is InChI=1S/C26H25O2.2Y/c1-19-7-9-21(10-8-19)22-11-13-24(14-12-22)26(27)28-25-17-15-23(16-18-25)20-5-3-2-4-6-20;;/h3-6,11-19,21H,7-10H2,1H3;;/q-1;;. The maximum absolute atomic E-state index is 12.5. The first kappa shape index (κ1) is 25.6. The van der Waals surface area contributed by atoms with Crippen LogP contribution in [-0.2, 0) is 65.4 Å². The van der Waals surface area contributed by atoms with Crippen LogP contribution in [0.4, 0.5) is 0 Å². The van der Waals surface area contributed by atoms with Crippen LogP contribution in [-0.4, -0.2) is 5.97 Å². The van der Waals surface area contributed by atoms with E-state index in [0.29, 0.717) is 17.2 Å². The minimum Gasteiger partial charge on any atom is -0.423 e. The van der Waals surface area contributed by atoms with Crippen LogP contribution in [0.3, 0.4) is 0 Å². The molecule has 4 heteroatoms. The minimum atomic E-state index is -0.314. The van der Waals surface area contributed by atoms with E-state index < -0.39 is 0 Å². The summed E-state index contributed by atoms with van der Waals surface area (Å²) in [7, 11) is 0. The van der Waals surface area contributed by atoms with Gasteiger partial charge in [0.25, 0.3) is 0 Å². The number of hydrogen-bond donors (Lipinski definition) is 0. The van der Waals surface area contributed by atoms with E-state index in [2.05, 4.69) is 25.1 Å². The number of hydrogen-bond acceptors (Lipinski definition) is 2. The van der Waals surface area contributed by atoms with Crippen LogP contribution in [0.2, 0.25) is 0 Å². The second kappa shape index (κ2) is 12.4. The second-order valence-electron chi connectivity index (χ2n) is 7.78. The summed E-state index contributed by atoms with van der Waals surface area (Å²) in [5.74, 6) is 1.72. The molecule has 0 N–H and O–H groups in total. The van der Waals surface area contributed by atoms with Gasteiger partial charge in [-0.05, 0) is 60.1 Å². The van der Waals surface area contributed by atoms with Crippen molar-refractivity contribution in [3.63, 3.8) is 0 Å². The maximum Gasteiger partial charge on any atom is 0.343 e. The predicted octanol–water partition coefficient (Wildman–Crippen LogP) is 6.66. The summed E-state index contributed by atoms with van der Waals surface area (Å²) in [6, 6.07) is 26.4. The van der Waals surface area contributed by atoms with Crippen LogP contribution in [0.15, 0.2) is 72.8 Å². The molecule has 0 bridgehead atoms. The first-order chi connectivity index (χ1) is 13.7. The zero-order chi connectivity index (χ0) is 19.3. The van der Waals surface area contributed by atoms with Gasteiger partial charge in [-0.2, -0.15) is 30.3 Å². The predicted molar refractivity (Wildman–Crippen MR) is 112 cm³/mol. The molecule has 1 aliphatic rings. The Balaban J connectivity index is 0.00000160. The Morgan fingerprint density at radius 2 is 1.37 bits per heavy atom. The van der Waals surface area contributed by atoms with Gasteiger partial charge in [0.1, 0.15) is 5.75 Å². The zero-order valence-corrected chi connectivity index (χ0v) is 23.1. The van der Waals surface area contributed by atoms with Gasteiger partial charge < -0.3 is 4.74 Å². The first-order valence-electron chi connectivity index (χ1n) is 10.1. The van der Waals surface area contributed by atoms with E-state index in [-0.39, 0.29) is 71.4 Å². The van der Waals surface area contributed by atoms with Crippen LogP contribution < -0.4 is 4.74 Å². The molecule has 1 saturated carbocycles. The molecule has 4 rings (SSSR count). The van der Waals surface area contributed by atoms with E-state index in [4.69, 9.17) is 4.74 Å². The second-order valence-corrected chi connectivity index (χ2v) is 7.78. The molecule has 2 nitrogen and oxygen atoms in total. The summed E-state index contributed by atoms with van der Waals surface area (Å²) in [4.78, 5) is 12.5. The normalized spacial score (nSPS) is 17.9. The molecular weight excluding hydrogens is 522 g/mol. The minimum absolute atomic E-state index is 0. The van der Waals surface area contributed by atoms with Crippen LogP contribution >= 0.6 is 0 Å². The fourth-order valence-corrected chi connectivity index (χ4v) is 3.95. The van der Waals surface area contributed by atoms with Gasteiger partial charge in [-0.1, -0.05) is 44.0 Å². The van der Waals surface area contributed by atoms with E-state index in [1.807, 2.05) is 60.7 Å². The Morgan fingerprint density at radius 1 is 0.800 bits per heavy atom. The molecular formula is C26H25O2Y2-. The van der Waals surface area contributed by atoms with Crippen LogP contribution in [0.1, 0.15) is 54.4 Å². The quantitative estimate of drug-likeness (QED) is 0.208. The van der Waals surface area contributed by atoms with Crippen molar-refractivity contribution in [1.29, 1.82) is 0 Å². The number of carbonyl (C=O) groups is 1. The van der Waals surface area contributed by atoms with Crippen molar-refractivity contribution in [2.24, 2.45) is 5.92 Å². The van der Waals surface area contributed by atoms with Crippen LogP contribution in [0, 0.1) is 12.0 Å². The molecule has 0 spiro atoms. The molecule has 3 aromatic rings. The molecule has 0 amide bonds. The van der Waals surface area contributed by atoms with Crippen molar-refractivity contribution in [1.82, 2.24) is 0 Å². The smallest absolute Gasteiger partial charge is 0.343 e. The molecule has 0 aliphatic heterocycles. The largest absolute Gasteiger partial charge is 0.423 e. The van der Waals surface area contributed by atoms with Crippen LogP contribution in [0.5, 0.6) is 5.75 Å². The summed E-state index contributed by atoms with van der Waals surface area (Å²) in [6.07, 6.45) is 5.09. The molecule has 2 radical (unpaired) electrons. The van der Waals surface area contributed by atoms with Gasteiger partial charge in [0.15, 0.2) is 0 Å². The fourth-order valence-electron chi connectivity index (χ4n) is 3.95. The number of carbonyl (C=O) groups excluding carboxylic acids is 1. The Morgan fingerprint density at radius 3 is 1.97 bits per heavy atom. The van der Waals surface area contributed by atoms with E-state index in [1.54, 1.807) is 0 Å². The van der Waals surface area contributed by atoms with E-state index >= 15 is 0 Å². The third kappa shape index (κ3) is 6.67. The summed E-state index contributed by atoms with van der Waals surface area (Å²) in [6.45, 7) is 2.33. The zero-order valence-electron chi connectivity index (χ0n) is 17.4. The van der Waals surface area contributed by atoms with E-state index in [0.717, 1.165) is 17.0 Å². The molecule has 0 atom stereocenters. The summed E-state index contributed by atoms with van der Waals surface area (Å²) < 4.78 is 5.55. The van der Waals surface area contributed by atoms with Gasteiger partial charge in [0.05, 0.1) is 5.56 Å². The number of rotatable bonds is 4. The topological polar surface area (TPSA) is 26.3 Å². The van der Waals surface area contributed by atoms with Crippen molar-refractivity contribution in [2.45, 2.75) is 38.5 Å². The Bertz CT molecular complexity index is 914. The van der Waals surface area contributed by atoms with Crippen molar-refractivity contribution in [3.8, 4) is 16.9 Å². The molecule has 0 aromatic heterocycles. The first-order valence-corrected chi connectivity index (χ1v) is 10.1. The third-order valence-corrected chi connectivity index (χ3v) is 5.75. The van der Waals surface area contributed by atoms with Gasteiger partial charge in [0, 0.05) is 65.4 Å². The van der Waals surface area contributed by atoms with Gasteiger partial charge in [-0.15, -0.1) is 5.56 Å². The fraction of sp³-hybridized carbons (Fsp3) is 0.269. The molecule has 30 heavy (non-hydrogen) atoms. The molecule has 0 saturated heterocycles. The van der Waals surface area contributed by atoms with Crippen LogP contribution in [0.25, 0.3) is 11.1 Å². The van der Waals surface area contributed by atoms with Crippen molar-refractivity contribution in [2.75, 3.05) is 0 Å². The summed E-state index contributed by atoms with van der Waals surface area (Å²) >= 11 is 0. The SMILES string of the molecule is CC1CCC(c2ccc(C(=O)Oc3ccc(-c4cc[c-]cc4)cc3)cc2)CC1.[Y].[Y]. The molecule has 3 aromatic carbocycles. The van der Waals surface area contributed by atoms with E-state index in [9.17, 15) is 4.79 Å². The number of ether oxygens (including phenoxy) is 1. The van der Waals surface area contributed by atoms with Gasteiger partial charge in [0.2, 0.25) is 0 Å². The maximum atomic E-state index is 12.5.